The van der Waals surface area contributed by atoms with E-state index in [1.165, 1.54) is 23.7 Å². The summed E-state index contributed by atoms with van der Waals surface area (Å²) in [5.74, 6) is -0.193. The van der Waals surface area contributed by atoms with Crippen LogP contribution in [0.25, 0.3) is 0 Å². The number of carbonyl (C=O) groups excluding carboxylic acids is 1. The highest BCUT2D eigenvalue weighted by atomic mass is 32.2. The number of anilines is 1. The van der Waals surface area contributed by atoms with Crippen LogP contribution in [0.5, 0.6) is 0 Å². The van der Waals surface area contributed by atoms with Crippen molar-refractivity contribution >= 4 is 33.0 Å². The van der Waals surface area contributed by atoms with Gasteiger partial charge in [-0.05, 0) is 35.7 Å². The lowest BCUT2D eigenvalue weighted by molar-refractivity contribution is 0.0602. The lowest BCUT2D eigenvalue weighted by Crippen LogP contribution is -2.31. The van der Waals surface area contributed by atoms with Crippen molar-refractivity contribution in [1.29, 1.82) is 0 Å². The number of esters is 1. The number of hydrogen-bond acceptors (Lipinski definition) is 6. The molecule has 0 saturated heterocycles. The Balaban J connectivity index is 2.09. The number of methoxy groups -OCH3 is 1. The van der Waals surface area contributed by atoms with E-state index < -0.39 is 16.0 Å². The van der Waals surface area contributed by atoms with E-state index in [2.05, 4.69) is 0 Å². The molecule has 1 aromatic carbocycles. The summed E-state index contributed by atoms with van der Waals surface area (Å²) in [6.07, 6.45) is 1.48. The zero-order valence-corrected chi connectivity index (χ0v) is 14.9. The fraction of sp³-hybridized carbons (Fsp3) is 0.118. The highest BCUT2D eigenvalue weighted by Crippen LogP contribution is 2.30. The minimum absolute atomic E-state index is 0.00973. The smallest absolute Gasteiger partial charge is 0.349 e. The number of furan rings is 1. The average Bonchev–Trinajstić information content (AvgIpc) is 3.31. The lowest BCUT2D eigenvalue weighted by Gasteiger charge is -2.23. The maximum absolute atomic E-state index is 13.2. The minimum Gasteiger partial charge on any atom is -0.467 e. The molecule has 0 fully saturated rings. The molecule has 0 amide bonds. The molecule has 0 unspecified atom stereocenters. The van der Waals surface area contributed by atoms with Gasteiger partial charge in [0.1, 0.15) is 15.5 Å². The molecule has 3 aromatic rings. The fourth-order valence-electron chi connectivity index (χ4n) is 2.31. The van der Waals surface area contributed by atoms with Crippen molar-refractivity contribution in [2.75, 3.05) is 11.4 Å². The number of para-hydroxylation sites is 1. The van der Waals surface area contributed by atoms with Crippen molar-refractivity contribution in [3.8, 4) is 0 Å². The van der Waals surface area contributed by atoms with Crippen LogP contribution in [0.15, 0.2) is 69.5 Å². The van der Waals surface area contributed by atoms with E-state index in [1.807, 2.05) is 0 Å². The van der Waals surface area contributed by atoms with Crippen LogP contribution in [0.2, 0.25) is 0 Å². The van der Waals surface area contributed by atoms with Crippen molar-refractivity contribution in [1.82, 2.24) is 0 Å². The van der Waals surface area contributed by atoms with Gasteiger partial charge in [0.2, 0.25) is 0 Å². The molecule has 0 bridgehead atoms. The molecule has 2 heterocycles. The van der Waals surface area contributed by atoms with Gasteiger partial charge in [-0.1, -0.05) is 18.2 Å². The predicted molar refractivity (Wildman–Crippen MR) is 94.2 cm³/mol. The summed E-state index contributed by atoms with van der Waals surface area (Å²) in [5.41, 5.74) is 0.473. The molecule has 130 valence electrons. The molecule has 8 heteroatoms. The number of nitrogens with zero attached hydrogens (tertiary/aromatic N) is 1. The van der Waals surface area contributed by atoms with Crippen LogP contribution in [0.3, 0.4) is 0 Å². The molecule has 0 atom stereocenters. The Kier molecular flexibility index (Phi) is 4.91. The van der Waals surface area contributed by atoms with Gasteiger partial charge in [-0.2, -0.15) is 0 Å². The van der Waals surface area contributed by atoms with Crippen molar-refractivity contribution < 1.29 is 22.4 Å². The number of sulfonamides is 1. The van der Waals surface area contributed by atoms with Crippen LogP contribution in [-0.4, -0.2) is 21.5 Å². The van der Waals surface area contributed by atoms with Crippen molar-refractivity contribution in [2.45, 2.75) is 11.4 Å². The van der Waals surface area contributed by atoms with Crippen LogP contribution >= 0.6 is 11.3 Å². The maximum Gasteiger partial charge on any atom is 0.349 e. The topological polar surface area (TPSA) is 76.8 Å². The zero-order valence-electron chi connectivity index (χ0n) is 13.3. The summed E-state index contributed by atoms with van der Waals surface area (Å²) in [7, 11) is -2.77. The molecule has 6 nitrogen and oxygen atoms in total. The molecular formula is C17H15NO5S2. The number of rotatable bonds is 6. The Hall–Kier alpha value is -2.58. The summed E-state index contributed by atoms with van der Waals surface area (Å²) in [6, 6.07) is 13.4. The van der Waals surface area contributed by atoms with Gasteiger partial charge in [-0.3, -0.25) is 4.31 Å². The number of carbonyl (C=O) groups is 1. The summed E-state index contributed by atoms with van der Waals surface area (Å²) < 4.78 is 37.7. The van der Waals surface area contributed by atoms with E-state index in [1.54, 1.807) is 47.8 Å². The Morgan fingerprint density at radius 1 is 1.16 bits per heavy atom. The van der Waals surface area contributed by atoms with Crippen LogP contribution in [0, 0.1) is 0 Å². The normalized spacial score (nSPS) is 11.2. The molecule has 2 aromatic heterocycles. The van der Waals surface area contributed by atoms with E-state index in [0.29, 0.717) is 11.4 Å². The van der Waals surface area contributed by atoms with E-state index in [4.69, 9.17) is 9.15 Å². The van der Waals surface area contributed by atoms with Crippen LogP contribution in [-0.2, 0) is 21.3 Å². The largest absolute Gasteiger partial charge is 0.467 e. The molecule has 0 aliphatic rings. The van der Waals surface area contributed by atoms with Crippen LogP contribution in [0.1, 0.15) is 15.4 Å². The van der Waals surface area contributed by atoms with Gasteiger partial charge in [0, 0.05) is 0 Å². The van der Waals surface area contributed by atoms with Crippen molar-refractivity contribution in [3.05, 3.63) is 70.8 Å². The van der Waals surface area contributed by atoms with Crippen molar-refractivity contribution in [2.24, 2.45) is 0 Å². The second-order valence-electron chi connectivity index (χ2n) is 5.03. The standard InChI is InChI=1S/C17H15NO5S2/c1-22-17(19)16-15(9-11-24-16)25(20,21)18(12-14-8-5-10-23-14)13-6-3-2-4-7-13/h2-11H,12H2,1H3. The first-order valence-corrected chi connectivity index (χ1v) is 9.62. The van der Waals surface area contributed by atoms with Crippen LogP contribution < -0.4 is 4.31 Å². The predicted octanol–water partition coefficient (Wildman–Crippen LogP) is 3.52. The third kappa shape index (κ3) is 3.45. The Labute approximate surface area is 149 Å². The Morgan fingerprint density at radius 2 is 1.92 bits per heavy atom. The first-order valence-electron chi connectivity index (χ1n) is 7.30. The maximum atomic E-state index is 13.2. The first kappa shape index (κ1) is 17.2. The summed E-state index contributed by atoms with van der Waals surface area (Å²) in [4.78, 5) is 11.9. The van der Waals surface area contributed by atoms with E-state index in [0.717, 1.165) is 11.3 Å². The van der Waals surface area contributed by atoms with Gasteiger partial charge in [0.15, 0.2) is 0 Å². The number of ether oxygens (including phenoxy) is 1. The molecule has 0 radical (unpaired) electrons. The van der Waals surface area contributed by atoms with E-state index in [9.17, 15) is 13.2 Å². The molecule has 3 rings (SSSR count). The highest BCUT2D eigenvalue weighted by molar-refractivity contribution is 7.93. The van der Waals surface area contributed by atoms with Crippen molar-refractivity contribution in [3.63, 3.8) is 0 Å². The SMILES string of the molecule is COC(=O)c1sccc1S(=O)(=O)N(Cc1ccco1)c1ccccc1. The van der Waals surface area contributed by atoms with Gasteiger partial charge >= 0.3 is 5.97 Å². The number of thiophene rings is 1. The molecule has 25 heavy (non-hydrogen) atoms. The molecule has 0 aliphatic heterocycles. The third-order valence-corrected chi connectivity index (χ3v) is 6.33. The summed E-state index contributed by atoms with van der Waals surface area (Å²) in [5, 5.41) is 1.55. The second-order valence-corrected chi connectivity index (χ2v) is 7.78. The van der Waals surface area contributed by atoms with Gasteiger partial charge in [0.05, 0.1) is 25.6 Å². The van der Waals surface area contributed by atoms with E-state index >= 15 is 0 Å². The fourth-order valence-corrected chi connectivity index (χ4v) is 5.06. The summed E-state index contributed by atoms with van der Waals surface area (Å²) >= 11 is 1.03. The Bertz CT molecular complexity index is 946. The average molecular weight is 377 g/mol. The summed E-state index contributed by atoms with van der Waals surface area (Å²) in [6.45, 7) is 0.00973. The number of benzene rings is 1. The third-order valence-electron chi connectivity index (χ3n) is 3.49. The zero-order chi connectivity index (χ0) is 17.9. The van der Waals surface area contributed by atoms with Crippen LogP contribution in [0.4, 0.5) is 5.69 Å². The molecule has 0 aliphatic carbocycles. The van der Waals surface area contributed by atoms with Gasteiger partial charge in [0.25, 0.3) is 10.0 Å². The monoisotopic (exact) mass is 377 g/mol. The van der Waals surface area contributed by atoms with E-state index in [-0.39, 0.29) is 16.3 Å². The second kappa shape index (κ2) is 7.12. The molecule has 0 saturated carbocycles. The van der Waals surface area contributed by atoms with Gasteiger partial charge in [-0.15, -0.1) is 11.3 Å². The quantitative estimate of drug-likeness (QED) is 0.614. The molecular weight excluding hydrogens is 362 g/mol. The molecule has 0 N–H and O–H groups in total. The van der Waals surface area contributed by atoms with Gasteiger partial charge in [-0.25, -0.2) is 13.2 Å². The minimum atomic E-state index is -3.99. The lowest BCUT2D eigenvalue weighted by atomic mass is 10.3. The number of hydrogen-bond donors (Lipinski definition) is 0. The highest BCUT2D eigenvalue weighted by Gasteiger charge is 2.31. The molecule has 0 spiro atoms. The Morgan fingerprint density at radius 3 is 2.56 bits per heavy atom. The van der Waals surface area contributed by atoms with Gasteiger partial charge < -0.3 is 9.15 Å². The first-order chi connectivity index (χ1) is 12.0.